The Bertz CT molecular complexity index is 4040. The van der Waals surface area contributed by atoms with Crippen LogP contribution in [0.5, 0.6) is 0 Å². The van der Waals surface area contributed by atoms with Crippen molar-refractivity contribution in [2.24, 2.45) is 0 Å². The van der Waals surface area contributed by atoms with Crippen molar-refractivity contribution in [3.63, 3.8) is 0 Å². The summed E-state index contributed by atoms with van der Waals surface area (Å²) in [4.78, 5) is 11.1. The predicted molar refractivity (Wildman–Crippen MR) is 242 cm³/mol. The number of hydrogen-bond acceptors (Lipinski definition) is 3. The molecule has 0 unspecified atom stereocenters. The molecular formula is C52H28N4S. The molecule has 0 aliphatic rings. The Morgan fingerprint density at radius 3 is 1.98 bits per heavy atom. The molecule has 0 fully saturated rings. The Kier molecular flexibility index (Phi) is 5.62. The van der Waals surface area contributed by atoms with Gasteiger partial charge < -0.3 is 4.40 Å². The second-order valence-electron chi connectivity index (χ2n) is 15.3. The van der Waals surface area contributed by atoms with Gasteiger partial charge in [-0.2, -0.15) is 0 Å². The zero-order valence-corrected chi connectivity index (χ0v) is 31.2. The van der Waals surface area contributed by atoms with Gasteiger partial charge in [-0.05, 0) is 51.9 Å². The van der Waals surface area contributed by atoms with Crippen LogP contribution in [0.15, 0.2) is 170 Å². The van der Waals surface area contributed by atoms with E-state index < -0.39 is 0 Å². The highest BCUT2D eigenvalue weighted by atomic mass is 32.1. The average Bonchev–Trinajstić information content (AvgIpc) is 3.90. The van der Waals surface area contributed by atoms with E-state index in [0.717, 1.165) is 38.6 Å². The van der Waals surface area contributed by atoms with E-state index in [1.165, 1.54) is 85.2 Å². The molecule has 57 heavy (non-hydrogen) atoms. The number of hydrogen-bond donors (Lipinski definition) is 0. The van der Waals surface area contributed by atoms with Crippen LogP contribution in [-0.4, -0.2) is 18.9 Å². The van der Waals surface area contributed by atoms with E-state index in [0.29, 0.717) is 5.95 Å². The summed E-state index contributed by atoms with van der Waals surface area (Å²) in [5.74, 6) is 0.665. The van der Waals surface area contributed by atoms with Crippen LogP contribution >= 0.6 is 11.3 Å². The van der Waals surface area contributed by atoms with E-state index in [4.69, 9.17) is 9.97 Å². The Labute approximate surface area is 328 Å². The summed E-state index contributed by atoms with van der Waals surface area (Å²) in [6, 6.07) is 61.9. The summed E-state index contributed by atoms with van der Waals surface area (Å²) in [5, 5.41) is 15.9. The van der Waals surface area contributed by atoms with Crippen molar-refractivity contribution in [3.8, 4) is 17.2 Å². The maximum atomic E-state index is 5.58. The van der Waals surface area contributed by atoms with E-state index in [1.54, 1.807) is 0 Å². The summed E-state index contributed by atoms with van der Waals surface area (Å²) in [6.07, 6.45) is 0. The van der Waals surface area contributed by atoms with Gasteiger partial charge in [0.05, 0.1) is 43.5 Å². The minimum atomic E-state index is 0.665. The molecule has 0 atom stereocenters. The lowest BCUT2D eigenvalue weighted by molar-refractivity contribution is 1.02. The third-order valence-electron chi connectivity index (χ3n) is 12.4. The second-order valence-corrected chi connectivity index (χ2v) is 16.3. The lowest BCUT2D eigenvalue weighted by atomic mass is 9.97. The van der Waals surface area contributed by atoms with Gasteiger partial charge in [0.25, 0.3) is 0 Å². The van der Waals surface area contributed by atoms with Gasteiger partial charge in [0, 0.05) is 58.7 Å². The molecule has 9 aromatic carbocycles. The van der Waals surface area contributed by atoms with Gasteiger partial charge in [0.1, 0.15) is 0 Å². The summed E-state index contributed by atoms with van der Waals surface area (Å²) < 4.78 is 7.54. The van der Waals surface area contributed by atoms with Crippen molar-refractivity contribution in [3.05, 3.63) is 170 Å². The molecule has 0 bridgehead atoms. The smallest absolute Gasteiger partial charge is 0.235 e. The normalized spacial score (nSPS) is 12.6. The summed E-state index contributed by atoms with van der Waals surface area (Å²) in [7, 11) is 0. The van der Waals surface area contributed by atoms with Gasteiger partial charge in [0.2, 0.25) is 5.95 Å². The van der Waals surface area contributed by atoms with Gasteiger partial charge in [-0.25, -0.2) is 9.97 Å². The summed E-state index contributed by atoms with van der Waals surface area (Å²) in [6.45, 7) is 0. The molecule has 0 N–H and O–H groups in total. The highest BCUT2D eigenvalue weighted by Crippen LogP contribution is 2.49. The first kappa shape index (κ1) is 29.9. The maximum absolute atomic E-state index is 5.58. The molecule has 4 nitrogen and oxygen atoms in total. The molecule has 5 aromatic heterocycles. The molecule has 5 heterocycles. The van der Waals surface area contributed by atoms with Crippen molar-refractivity contribution >= 4 is 124 Å². The van der Waals surface area contributed by atoms with Gasteiger partial charge in [0.15, 0.2) is 0 Å². The van der Waals surface area contributed by atoms with Crippen molar-refractivity contribution in [1.82, 2.24) is 18.9 Å². The standard InChI is InChI=1S/C52H28N4S/c1-2-13-30(14-3-1)48-45-32-16-6-4-12-29(32)24-27-39(45)53-52(54-48)55-40-21-11-22-41-46(40)47-42(55)28-31-15-5-7-17-33(31)44(47)38-20-10-19-35-36-25-26-37-34-18-8-9-23-43(34)57-51(37)50(36)56(41)49(35)38/h1-28H. The molecule has 5 heteroatoms. The molecule has 0 aliphatic heterocycles. The third kappa shape index (κ3) is 3.77. The van der Waals surface area contributed by atoms with Gasteiger partial charge in [-0.15, -0.1) is 11.3 Å². The fourth-order valence-corrected chi connectivity index (χ4v) is 11.4. The largest absolute Gasteiger partial charge is 0.306 e. The summed E-state index contributed by atoms with van der Waals surface area (Å²) >= 11 is 1.90. The fourth-order valence-electron chi connectivity index (χ4n) is 10.1. The van der Waals surface area contributed by atoms with Crippen LogP contribution < -0.4 is 0 Å². The van der Waals surface area contributed by atoms with Crippen LogP contribution in [0.3, 0.4) is 0 Å². The van der Waals surface area contributed by atoms with Crippen LogP contribution in [0.2, 0.25) is 0 Å². The first-order valence-corrected chi connectivity index (χ1v) is 20.2. The Morgan fingerprint density at radius 2 is 1.09 bits per heavy atom. The van der Waals surface area contributed by atoms with Crippen LogP contribution in [0.25, 0.3) is 130 Å². The second kappa shape index (κ2) is 10.7. The topological polar surface area (TPSA) is 35.1 Å². The van der Waals surface area contributed by atoms with E-state index in [9.17, 15) is 0 Å². The number of para-hydroxylation sites is 1. The lowest BCUT2D eigenvalue weighted by Crippen LogP contribution is -2.04. The van der Waals surface area contributed by atoms with E-state index in [2.05, 4.69) is 179 Å². The Balaban J connectivity index is 1.24. The zero-order chi connectivity index (χ0) is 36.9. The molecule has 14 aromatic rings. The van der Waals surface area contributed by atoms with E-state index in [-0.39, 0.29) is 0 Å². The number of fused-ring (bicyclic) bond motifs is 14. The number of nitrogens with zero attached hydrogens (tertiary/aromatic N) is 4. The fraction of sp³-hybridized carbons (Fsp3) is 0. The lowest BCUT2D eigenvalue weighted by Gasteiger charge is -2.14. The summed E-state index contributed by atoms with van der Waals surface area (Å²) in [5.41, 5.74) is 8.81. The first-order valence-electron chi connectivity index (χ1n) is 19.4. The van der Waals surface area contributed by atoms with E-state index >= 15 is 0 Å². The molecule has 262 valence electrons. The first-order chi connectivity index (χ1) is 28.3. The molecule has 0 amide bonds. The highest BCUT2D eigenvalue weighted by Gasteiger charge is 2.26. The molecular weight excluding hydrogens is 713 g/mol. The monoisotopic (exact) mass is 740 g/mol. The quantitative estimate of drug-likeness (QED) is 0.165. The van der Waals surface area contributed by atoms with Crippen LogP contribution in [0, 0.1) is 0 Å². The van der Waals surface area contributed by atoms with Crippen molar-refractivity contribution in [2.45, 2.75) is 0 Å². The van der Waals surface area contributed by atoms with Crippen LogP contribution in [0.1, 0.15) is 0 Å². The number of rotatable bonds is 2. The minimum absolute atomic E-state index is 0.665. The number of benzene rings is 9. The predicted octanol–water partition coefficient (Wildman–Crippen LogP) is 14.2. The maximum Gasteiger partial charge on any atom is 0.235 e. The molecule has 0 aliphatic carbocycles. The molecule has 0 spiro atoms. The average molecular weight is 741 g/mol. The van der Waals surface area contributed by atoms with Crippen molar-refractivity contribution < 1.29 is 0 Å². The van der Waals surface area contributed by atoms with Crippen molar-refractivity contribution in [1.29, 1.82) is 0 Å². The van der Waals surface area contributed by atoms with Crippen molar-refractivity contribution in [2.75, 3.05) is 0 Å². The SMILES string of the molecule is c1ccc(-c2nc(-n3c4cc5ccccc5c5c6cccc7c8ccc9c%10ccccc%10sc9c8n(c8cccc3c8c54)c76)nc3ccc4ccccc4c23)cc1. The third-order valence-corrected chi connectivity index (χ3v) is 13.6. The number of thiophene rings is 1. The molecule has 0 saturated carbocycles. The van der Waals surface area contributed by atoms with Gasteiger partial charge in [-0.1, -0.05) is 140 Å². The molecule has 0 radical (unpaired) electrons. The molecule has 0 saturated heterocycles. The Hall–Kier alpha value is -7.34. The highest BCUT2D eigenvalue weighted by molar-refractivity contribution is 7.26. The molecule has 14 rings (SSSR count). The van der Waals surface area contributed by atoms with Crippen LogP contribution in [0.4, 0.5) is 0 Å². The number of aromatic nitrogens is 4. The zero-order valence-electron chi connectivity index (χ0n) is 30.4. The van der Waals surface area contributed by atoms with Gasteiger partial charge >= 0.3 is 0 Å². The van der Waals surface area contributed by atoms with E-state index in [1.807, 2.05) is 11.3 Å². The minimum Gasteiger partial charge on any atom is -0.306 e. The van der Waals surface area contributed by atoms with Crippen LogP contribution in [-0.2, 0) is 0 Å². The Morgan fingerprint density at radius 1 is 0.404 bits per heavy atom. The van der Waals surface area contributed by atoms with Gasteiger partial charge in [-0.3, -0.25) is 4.57 Å².